The van der Waals surface area contributed by atoms with Crippen molar-refractivity contribution in [2.45, 2.75) is 32.6 Å². The maximum atomic E-state index is 12.3. The van der Waals surface area contributed by atoms with E-state index in [1.165, 1.54) is 5.56 Å². The van der Waals surface area contributed by atoms with E-state index in [-0.39, 0.29) is 11.4 Å². The summed E-state index contributed by atoms with van der Waals surface area (Å²) >= 11 is 0. The minimum atomic E-state index is -0.239. The van der Waals surface area contributed by atoms with E-state index in [0.717, 1.165) is 12.0 Å². The van der Waals surface area contributed by atoms with Crippen molar-refractivity contribution in [2.24, 2.45) is 0 Å². The standard InChI is InChI=1S/C19H22O2/c1-19(2,3)17-12-8-7-11-16(17)18(20)21-14-13-15-9-5-4-6-10-15/h4-12H,13-14H2,1-3H3. The zero-order valence-electron chi connectivity index (χ0n) is 12.9. The molecular weight excluding hydrogens is 260 g/mol. The molecule has 0 amide bonds. The van der Waals surface area contributed by atoms with Gasteiger partial charge in [0.15, 0.2) is 0 Å². The molecule has 2 heteroatoms. The Bertz CT molecular complexity index is 594. The lowest BCUT2D eigenvalue weighted by Gasteiger charge is -2.22. The van der Waals surface area contributed by atoms with Gasteiger partial charge in [-0.3, -0.25) is 0 Å². The van der Waals surface area contributed by atoms with Crippen molar-refractivity contribution < 1.29 is 9.53 Å². The Labute approximate surface area is 126 Å². The van der Waals surface area contributed by atoms with Crippen LogP contribution in [0.1, 0.15) is 42.3 Å². The van der Waals surface area contributed by atoms with Crippen LogP contribution in [0.15, 0.2) is 54.6 Å². The molecule has 0 saturated heterocycles. The first kappa shape index (κ1) is 15.3. The van der Waals surface area contributed by atoms with Crippen molar-refractivity contribution in [2.75, 3.05) is 6.61 Å². The summed E-state index contributed by atoms with van der Waals surface area (Å²) in [5.41, 5.74) is 2.79. The molecule has 0 aliphatic heterocycles. The lowest BCUT2D eigenvalue weighted by molar-refractivity contribution is 0.0506. The van der Waals surface area contributed by atoms with Crippen molar-refractivity contribution in [3.63, 3.8) is 0 Å². The summed E-state index contributed by atoms with van der Waals surface area (Å²) in [4.78, 5) is 12.3. The molecule has 0 bridgehead atoms. The summed E-state index contributed by atoms with van der Waals surface area (Å²) < 4.78 is 5.43. The third-order valence-corrected chi connectivity index (χ3v) is 3.42. The molecule has 0 heterocycles. The Kier molecular flexibility index (Phi) is 4.79. The molecule has 0 aromatic heterocycles. The van der Waals surface area contributed by atoms with Crippen LogP contribution in [0, 0.1) is 0 Å². The van der Waals surface area contributed by atoms with Crippen molar-refractivity contribution in [1.29, 1.82) is 0 Å². The fraction of sp³-hybridized carbons (Fsp3) is 0.316. The number of carbonyl (C=O) groups is 1. The summed E-state index contributed by atoms with van der Waals surface area (Å²) in [6.45, 7) is 6.70. The molecule has 0 fully saturated rings. The predicted molar refractivity (Wildman–Crippen MR) is 85.6 cm³/mol. The van der Waals surface area contributed by atoms with E-state index in [4.69, 9.17) is 4.74 Å². The minimum Gasteiger partial charge on any atom is -0.462 e. The second-order valence-electron chi connectivity index (χ2n) is 6.17. The number of carbonyl (C=O) groups excluding carboxylic acids is 1. The predicted octanol–water partition coefficient (Wildman–Crippen LogP) is 4.38. The summed E-state index contributed by atoms with van der Waals surface area (Å²) in [7, 11) is 0. The van der Waals surface area contributed by atoms with E-state index in [9.17, 15) is 4.79 Å². The maximum Gasteiger partial charge on any atom is 0.338 e. The van der Waals surface area contributed by atoms with E-state index in [1.54, 1.807) is 0 Å². The number of hydrogen-bond acceptors (Lipinski definition) is 2. The Morgan fingerprint density at radius 1 is 0.952 bits per heavy atom. The van der Waals surface area contributed by atoms with E-state index in [1.807, 2.05) is 54.6 Å². The lowest BCUT2D eigenvalue weighted by atomic mass is 9.84. The Balaban J connectivity index is 2.01. The van der Waals surface area contributed by atoms with Gasteiger partial charge in [-0.1, -0.05) is 69.3 Å². The van der Waals surface area contributed by atoms with Gasteiger partial charge in [-0.25, -0.2) is 4.79 Å². The molecular formula is C19H22O2. The minimum absolute atomic E-state index is 0.0744. The Hall–Kier alpha value is -2.09. The third-order valence-electron chi connectivity index (χ3n) is 3.42. The topological polar surface area (TPSA) is 26.3 Å². The quantitative estimate of drug-likeness (QED) is 0.778. The fourth-order valence-electron chi connectivity index (χ4n) is 2.30. The summed E-state index contributed by atoms with van der Waals surface area (Å²) in [5.74, 6) is -0.239. The fourth-order valence-corrected chi connectivity index (χ4v) is 2.30. The van der Waals surface area contributed by atoms with Crippen LogP contribution in [0.3, 0.4) is 0 Å². The number of hydrogen-bond donors (Lipinski definition) is 0. The molecule has 110 valence electrons. The van der Waals surface area contributed by atoms with Crippen LogP contribution >= 0.6 is 0 Å². The van der Waals surface area contributed by atoms with Crippen LogP contribution < -0.4 is 0 Å². The first-order valence-corrected chi connectivity index (χ1v) is 7.29. The van der Waals surface area contributed by atoms with Gasteiger partial charge >= 0.3 is 5.97 Å². The number of esters is 1. The molecule has 0 spiro atoms. The molecule has 0 radical (unpaired) electrons. The second-order valence-corrected chi connectivity index (χ2v) is 6.17. The maximum absolute atomic E-state index is 12.3. The molecule has 2 rings (SSSR count). The molecule has 0 atom stereocenters. The average Bonchev–Trinajstić information content (AvgIpc) is 2.47. The van der Waals surface area contributed by atoms with Crippen molar-refractivity contribution in [3.8, 4) is 0 Å². The van der Waals surface area contributed by atoms with Gasteiger partial charge in [0.05, 0.1) is 12.2 Å². The smallest absolute Gasteiger partial charge is 0.338 e. The highest BCUT2D eigenvalue weighted by atomic mass is 16.5. The highest BCUT2D eigenvalue weighted by Gasteiger charge is 2.21. The Morgan fingerprint density at radius 3 is 2.24 bits per heavy atom. The van der Waals surface area contributed by atoms with Crippen LogP contribution in [0.2, 0.25) is 0 Å². The SMILES string of the molecule is CC(C)(C)c1ccccc1C(=O)OCCc1ccccc1. The Morgan fingerprint density at radius 2 is 1.57 bits per heavy atom. The van der Waals surface area contributed by atoms with Gasteiger partial charge in [0.25, 0.3) is 0 Å². The molecule has 0 unspecified atom stereocenters. The average molecular weight is 282 g/mol. The van der Waals surface area contributed by atoms with Gasteiger partial charge in [-0.2, -0.15) is 0 Å². The van der Waals surface area contributed by atoms with Crippen molar-refractivity contribution in [1.82, 2.24) is 0 Å². The number of benzene rings is 2. The van der Waals surface area contributed by atoms with Gasteiger partial charge in [0.1, 0.15) is 0 Å². The van der Waals surface area contributed by atoms with Gasteiger partial charge in [-0.15, -0.1) is 0 Å². The van der Waals surface area contributed by atoms with Gasteiger partial charge in [0.2, 0.25) is 0 Å². The zero-order chi connectivity index (χ0) is 15.3. The van der Waals surface area contributed by atoms with Gasteiger partial charge in [-0.05, 0) is 22.6 Å². The van der Waals surface area contributed by atoms with Crippen LogP contribution in [0.4, 0.5) is 0 Å². The highest BCUT2D eigenvalue weighted by molar-refractivity contribution is 5.91. The zero-order valence-corrected chi connectivity index (χ0v) is 12.9. The molecule has 0 N–H and O–H groups in total. The summed E-state index contributed by atoms with van der Waals surface area (Å²) in [6.07, 6.45) is 0.740. The van der Waals surface area contributed by atoms with Crippen LogP contribution in [-0.4, -0.2) is 12.6 Å². The first-order chi connectivity index (χ1) is 9.98. The van der Waals surface area contributed by atoms with Crippen LogP contribution in [-0.2, 0) is 16.6 Å². The normalized spacial score (nSPS) is 11.2. The van der Waals surface area contributed by atoms with Gasteiger partial charge in [0, 0.05) is 6.42 Å². The van der Waals surface area contributed by atoms with Crippen LogP contribution in [0.25, 0.3) is 0 Å². The number of ether oxygens (including phenoxy) is 1. The molecule has 0 aliphatic rings. The first-order valence-electron chi connectivity index (χ1n) is 7.29. The summed E-state index contributed by atoms with van der Waals surface area (Å²) in [6, 6.07) is 17.7. The van der Waals surface area contributed by atoms with E-state index < -0.39 is 0 Å². The monoisotopic (exact) mass is 282 g/mol. The highest BCUT2D eigenvalue weighted by Crippen LogP contribution is 2.26. The lowest BCUT2D eigenvalue weighted by Crippen LogP contribution is -2.18. The van der Waals surface area contributed by atoms with E-state index in [0.29, 0.717) is 12.2 Å². The third kappa shape index (κ3) is 4.19. The molecule has 2 aromatic carbocycles. The molecule has 21 heavy (non-hydrogen) atoms. The van der Waals surface area contributed by atoms with E-state index >= 15 is 0 Å². The number of rotatable bonds is 4. The molecule has 2 aromatic rings. The van der Waals surface area contributed by atoms with Gasteiger partial charge < -0.3 is 4.74 Å². The van der Waals surface area contributed by atoms with Crippen molar-refractivity contribution >= 4 is 5.97 Å². The summed E-state index contributed by atoms with van der Waals surface area (Å²) in [5, 5.41) is 0. The molecule has 0 saturated carbocycles. The van der Waals surface area contributed by atoms with Crippen LogP contribution in [0.5, 0.6) is 0 Å². The van der Waals surface area contributed by atoms with E-state index in [2.05, 4.69) is 20.8 Å². The molecule has 0 aliphatic carbocycles. The van der Waals surface area contributed by atoms with Crippen molar-refractivity contribution in [3.05, 3.63) is 71.3 Å². The molecule has 2 nitrogen and oxygen atoms in total. The second kappa shape index (κ2) is 6.57. The largest absolute Gasteiger partial charge is 0.462 e.